The summed E-state index contributed by atoms with van der Waals surface area (Å²) in [5.74, 6) is -2.77. The predicted octanol–water partition coefficient (Wildman–Crippen LogP) is -2.84. The summed E-state index contributed by atoms with van der Waals surface area (Å²) in [6.07, 6.45) is -1.95. The van der Waals surface area contributed by atoms with E-state index in [0.29, 0.717) is 0 Å². The Kier molecular flexibility index (Phi) is 1.94. The molecule has 0 N–H and O–H groups in total. The van der Waals surface area contributed by atoms with Gasteiger partial charge in [0.1, 0.15) is 0 Å². The van der Waals surface area contributed by atoms with Crippen molar-refractivity contribution in [3.8, 4) is 0 Å². The lowest BCUT2D eigenvalue weighted by atomic mass is 10.2. The molecule has 0 saturated heterocycles. The maximum atomic E-state index is 10.6. The molecule has 1 rings (SSSR count). The number of rotatable bonds is 1. The van der Waals surface area contributed by atoms with Crippen molar-refractivity contribution in [1.29, 1.82) is 0 Å². The molecule has 12 heavy (non-hydrogen) atoms. The minimum Gasteiger partial charge on any atom is -0.855 e. The highest BCUT2D eigenvalue weighted by molar-refractivity contribution is 7.85. The first kappa shape index (κ1) is 8.81. The molecule has 0 fully saturated rings. The van der Waals surface area contributed by atoms with E-state index in [1.54, 1.807) is 0 Å². The summed E-state index contributed by atoms with van der Waals surface area (Å²) in [6, 6.07) is 0. The molecule has 7 nitrogen and oxygen atoms in total. The first-order chi connectivity index (χ1) is 5.46. The quantitative estimate of drug-likeness (QED) is 0.326. The Labute approximate surface area is 66.9 Å². The molecule has 66 valence electrons. The second-order valence-corrected chi connectivity index (χ2v) is 3.07. The number of carbonyl (C=O) groups excluding carboxylic acids is 2. The van der Waals surface area contributed by atoms with Crippen molar-refractivity contribution in [3.05, 3.63) is 0 Å². The standard InChI is InChI=1S/C4H3NO6S/c6-1-2-3(7)4(8)5-12(9,10)11-2/h1-2H,(H,5,8)/p-1. The highest BCUT2D eigenvalue weighted by Crippen LogP contribution is 2.07. The topological polar surface area (TPSA) is 113 Å². The zero-order valence-electron chi connectivity index (χ0n) is 5.46. The first-order valence-electron chi connectivity index (χ1n) is 2.66. The summed E-state index contributed by atoms with van der Waals surface area (Å²) in [6.45, 7) is 0. The zero-order chi connectivity index (χ0) is 9.35. The van der Waals surface area contributed by atoms with Crippen LogP contribution in [0.3, 0.4) is 0 Å². The van der Waals surface area contributed by atoms with E-state index in [0.717, 1.165) is 0 Å². The number of carbonyl (C=O) groups is 2. The van der Waals surface area contributed by atoms with Crippen LogP contribution in [0.5, 0.6) is 0 Å². The fourth-order valence-corrected chi connectivity index (χ4v) is 1.28. The summed E-state index contributed by atoms with van der Waals surface area (Å²) in [7, 11) is -4.40. The molecular weight excluding hydrogens is 190 g/mol. The van der Waals surface area contributed by atoms with Crippen LogP contribution >= 0.6 is 0 Å². The van der Waals surface area contributed by atoms with Crippen LogP contribution in [0.15, 0.2) is 4.40 Å². The molecule has 1 heterocycles. The molecule has 0 spiro atoms. The average molecular weight is 192 g/mol. The van der Waals surface area contributed by atoms with Crippen LogP contribution in [0.25, 0.3) is 0 Å². The number of Topliss-reactive ketones (excluding diaryl/α,β-unsaturated/α-hetero) is 1. The van der Waals surface area contributed by atoms with Gasteiger partial charge in [0.2, 0.25) is 5.78 Å². The van der Waals surface area contributed by atoms with Crippen molar-refractivity contribution in [2.75, 3.05) is 0 Å². The largest absolute Gasteiger partial charge is 0.855 e. The molecule has 8 heteroatoms. The monoisotopic (exact) mass is 192 g/mol. The molecule has 0 saturated carbocycles. The third-order valence-electron chi connectivity index (χ3n) is 1.01. The number of hydrogen-bond acceptors (Lipinski definition) is 6. The summed E-state index contributed by atoms with van der Waals surface area (Å²) >= 11 is 0. The normalized spacial score (nSPS) is 27.8. The van der Waals surface area contributed by atoms with Crippen molar-refractivity contribution in [3.63, 3.8) is 0 Å². The van der Waals surface area contributed by atoms with Crippen molar-refractivity contribution in [1.82, 2.24) is 0 Å². The number of ketones is 1. The number of hydrogen-bond donors (Lipinski definition) is 0. The van der Waals surface area contributed by atoms with Gasteiger partial charge >= 0.3 is 10.3 Å². The minimum atomic E-state index is -4.40. The summed E-state index contributed by atoms with van der Waals surface area (Å²) in [5, 5.41) is 10.4. The number of aldehydes is 1. The van der Waals surface area contributed by atoms with Crippen LogP contribution in [0.1, 0.15) is 0 Å². The second-order valence-electron chi connectivity index (χ2n) is 1.84. The van der Waals surface area contributed by atoms with Crippen LogP contribution in [-0.4, -0.2) is 32.5 Å². The third-order valence-corrected chi connectivity index (χ3v) is 1.85. The van der Waals surface area contributed by atoms with E-state index in [1.165, 1.54) is 0 Å². The maximum Gasteiger partial charge on any atom is 0.381 e. The van der Waals surface area contributed by atoms with Gasteiger partial charge in [0.15, 0.2) is 12.4 Å². The van der Waals surface area contributed by atoms with Crippen molar-refractivity contribution in [2.24, 2.45) is 4.40 Å². The molecule has 0 aromatic carbocycles. The first-order valence-corrected chi connectivity index (χ1v) is 4.02. The lowest BCUT2D eigenvalue weighted by molar-refractivity contribution is -0.219. The van der Waals surface area contributed by atoms with Crippen LogP contribution in [-0.2, 0) is 24.1 Å². The van der Waals surface area contributed by atoms with E-state index in [9.17, 15) is 23.1 Å². The third kappa shape index (κ3) is 1.48. The van der Waals surface area contributed by atoms with Gasteiger partial charge in [-0.25, -0.2) is 4.18 Å². The Morgan fingerprint density at radius 3 is 2.67 bits per heavy atom. The molecule has 1 aliphatic heterocycles. The second kappa shape index (κ2) is 2.64. The Morgan fingerprint density at radius 1 is 1.58 bits per heavy atom. The van der Waals surface area contributed by atoms with E-state index in [2.05, 4.69) is 8.58 Å². The van der Waals surface area contributed by atoms with Crippen molar-refractivity contribution in [2.45, 2.75) is 6.10 Å². The van der Waals surface area contributed by atoms with Gasteiger partial charge in [0, 0.05) is 0 Å². The molecule has 1 unspecified atom stereocenters. The van der Waals surface area contributed by atoms with Gasteiger partial charge in [-0.2, -0.15) is 12.8 Å². The van der Waals surface area contributed by atoms with E-state index >= 15 is 0 Å². The summed E-state index contributed by atoms with van der Waals surface area (Å²) in [5.41, 5.74) is 0. The molecular formula is C4H2NO6S-. The highest BCUT2D eigenvalue weighted by Gasteiger charge is 2.30. The van der Waals surface area contributed by atoms with Gasteiger partial charge in [-0.1, -0.05) is 0 Å². The Hall–Kier alpha value is -1.28. The van der Waals surface area contributed by atoms with E-state index < -0.39 is 28.1 Å². The number of nitrogens with zero attached hydrogens (tertiary/aromatic N) is 1. The maximum absolute atomic E-state index is 10.6. The fraction of sp³-hybridized carbons (Fsp3) is 0.250. The molecule has 1 atom stereocenters. The molecule has 1 aliphatic rings. The lowest BCUT2D eigenvalue weighted by Crippen LogP contribution is -2.44. The fourth-order valence-electron chi connectivity index (χ4n) is 0.549. The molecule has 0 aromatic rings. The van der Waals surface area contributed by atoms with Gasteiger partial charge in [-0.15, -0.1) is 0 Å². The van der Waals surface area contributed by atoms with Crippen molar-refractivity contribution >= 4 is 28.3 Å². The Balaban J connectivity index is 3.16. The minimum absolute atomic E-state index is 0.0769. The van der Waals surface area contributed by atoms with E-state index in [1.807, 2.05) is 0 Å². The van der Waals surface area contributed by atoms with E-state index in [-0.39, 0.29) is 6.29 Å². The van der Waals surface area contributed by atoms with Crippen LogP contribution in [0, 0.1) is 0 Å². The van der Waals surface area contributed by atoms with Crippen LogP contribution in [0.4, 0.5) is 0 Å². The van der Waals surface area contributed by atoms with Crippen LogP contribution in [0.2, 0.25) is 0 Å². The SMILES string of the molecule is O=CC1OS(=O)(=O)N=C([O-])C1=O. The molecule has 0 aliphatic carbocycles. The van der Waals surface area contributed by atoms with Gasteiger partial charge in [-0.3, -0.25) is 9.59 Å². The Bertz CT molecular complexity index is 354. The highest BCUT2D eigenvalue weighted by atomic mass is 32.2. The molecule has 0 radical (unpaired) electrons. The summed E-state index contributed by atoms with van der Waals surface area (Å²) in [4.78, 5) is 20.6. The molecule has 0 bridgehead atoms. The zero-order valence-corrected chi connectivity index (χ0v) is 6.28. The Morgan fingerprint density at radius 2 is 2.17 bits per heavy atom. The van der Waals surface area contributed by atoms with E-state index in [4.69, 9.17) is 0 Å². The van der Waals surface area contributed by atoms with Gasteiger partial charge in [0.05, 0.1) is 5.90 Å². The van der Waals surface area contributed by atoms with Gasteiger partial charge < -0.3 is 5.11 Å². The molecule has 0 amide bonds. The smallest absolute Gasteiger partial charge is 0.381 e. The summed E-state index contributed by atoms with van der Waals surface area (Å²) < 4.78 is 27.2. The lowest BCUT2D eigenvalue weighted by Gasteiger charge is -2.18. The average Bonchev–Trinajstić information content (AvgIpc) is 1.96. The van der Waals surface area contributed by atoms with Gasteiger partial charge in [0.25, 0.3) is 0 Å². The van der Waals surface area contributed by atoms with Gasteiger partial charge in [-0.05, 0) is 0 Å². The molecule has 0 aromatic heterocycles. The predicted molar refractivity (Wildman–Crippen MR) is 32.3 cm³/mol. The van der Waals surface area contributed by atoms with Crippen molar-refractivity contribution < 1.29 is 27.3 Å². The van der Waals surface area contributed by atoms with Crippen LogP contribution < -0.4 is 5.11 Å².